The standard InChI is InChI=1S/C11H14ClNO3/c1-8(2)15-9-5-3-4-6-10(9)16-11(14)13-7-12/h3-6,8H,7H2,1-2H3,(H,13,14). The van der Waals surface area contributed by atoms with Crippen LogP contribution in [0, 0.1) is 0 Å². The zero-order valence-corrected chi connectivity index (χ0v) is 9.95. The summed E-state index contributed by atoms with van der Waals surface area (Å²) in [6.07, 6.45) is -0.587. The molecule has 1 rings (SSSR count). The molecule has 0 aliphatic rings. The number of carbonyl (C=O) groups excluding carboxylic acids is 1. The molecule has 1 aromatic carbocycles. The number of benzene rings is 1. The number of nitrogens with one attached hydrogen (secondary N) is 1. The fraction of sp³-hybridized carbons (Fsp3) is 0.364. The molecule has 0 atom stereocenters. The van der Waals surface area contributed by atoms with E-state index >= 15 is 0 Å². The topological polar surface area (TPSA) is 47.6 Å². The van der Waals surface area contributed by atoms with E-state index in [0.717, 1.165) is 0 Å². The third-order valence-corrected chi connectivity index (χ3v) is 1.76. The first-order valence-electron chi connectivity index (χ1n) is 4.91. The molecule has 16 heavy (non-hydrogen) atoms. The molecule has 0 spiro atoms. The van der Waals surface area contributed by atoms with E-state index in [-0.39, 0.29) is 12.1 Å². The number of halogens is 1. The van der Waals surface area contributed by atoms with E-state index in [4.69, 9.17) is 21.1 Å². The van der Waals surface area contributed by atoms with Gasteiger partial charge in [0, 0.05) is 0 Å². The highest BCUT2D eigenvalue weighted by Gasteiger charge is 2.09. The number of hydrogen-bond donors (Lipinski definition) is 1. The van der Waals surface area contributed by atoms with E-state index in [0.29, 0.717) is 11.5 Å². The minimum Gasteiger partial charge on any atom is -0.487 e. The first-order valence-corrected chi connectivity index (χ1v) is 5.44. The Morgan fingerprint density at radius 2 is 2.00 bits per heavy atom. The molecule has 0 saturated carbocycles. The monoisotopic (exact) mass is 243 g/mol. The summed E-state index contributed by atoms with van der Waals surface area (Å²) in [6, 6.07) is 6.97. The summed E-state index contributed by atoms with van der Waals surface area (Å²) < 4.78 is 10.5. The normalized spacial score (nSPS) is 10.0. The van der Waals surface area contributed by atoms with Crippen molar-refractivity contribution in [2.45, 2.75) is 20.0 Å². The van der Waals surface area contributed by atoms with Gasteiger partial charge >= 0.3 is 6.09 Å². The summed E-state index contributed by atoms with van der Waals surface area (Å²) in [5.41, 5.74) is 0. The van der Waals surface area contributed by atoms with Crippen LogP contribution in [0.3, 0.4) is 0 Å². The lowest BCUT2D eigenvalue weighted by atomic mass is 10.3. The number of carbonyl (C=O) groups is 1. The van der Waals surface area contributed by atoms with Crippen molar-refractivity contribution in [3.8, 4) is 11.5 Å². The molecule has 88 valence electrons. The maximum absolute atomic E-state index is 11.2. The molecule has 0 bridgehead atoms. The Balaban J connectivity index is 2.74. The van der Waals surface area contributed by atoms with Gasteiger partial charge in [-0.25, -0.2) is 4.79 Å². The third kappa shape index (κ3) is 3.98. The van der Waals surface area contributed by atoms with Gasteiger partial charge in [-0.3, -0.25) is 0 Å². The van der Waals surface area contributed by atoms with Crippen LogP contribution < -0.4 is 14.8 Å². The van der Waals surface area contributed by atoms with Gasteiger partial charge in [-0.05, 0) is 26.0 Å². The van der Waals surface area contributed by atoms with Gasteiger partial charge in [-0.15, -0.1) is 11.6 Å². The third-order valence-electron chi connectivity index (χ3n) is 1.63. The average molecular weight is 244 g/mol. The lowest BCUT2D eigenvalue weighted by Crippen LogP contribution is -2.25. The molecule has 1 amide bonds. The highest BCUT2D eigenvalue weighted by molar-refractivity contribution is 6.18. The van der Waals surface area contributed by atoms with E-state index < -0.39 is 6.09 Å². The van der Waals surface area contributed by atoms with Gasteiger partial charge in [-0.1, -0.05) is 12.1 Å². The maximum atomic E-state index is 11.2. The van der Waals surface area contributed by atoms with Crippen LogP contribution in [0.2, 0.25) is 0 Å². The summed E-state index contributed by atoms with van der Waals surface area (Å²) in [4.78, 5) is 11.2. The molecule has 0 fully saturated rings. The smallest absolute Gasteiger partial charge is 0.413 e. The Labute approximate surface area is 99.5 Å². The van der Waals surface area contributed by atoms with E-state index in [1.807, 2.05) is 19.9 Å². The lowest BCUT2D eigenvalue weighted by Gasteiger charge is -2.13. The van der Waals surface area contributed by atoms with Crippen LogP contribution in [0.5, 0.6) is 11.5 Å². The molecule has 1 aromatic rings. The largest absolute Gasteiger partial charge is 0.487 e. The van der Waals surface area contributed by atoms with Crippen LogP contribution in [-0.4, -0.2) is 18.2 Å². The van der Waals surface area contributed by atoms with Crippen LogP contribution >= 0.6 is 11.6 Å². The van der Waals surface area contributed by atoms with Crippen LogP contribution in [0.4, 0.5) is 4.79 Å². The van der Waals surface area contributed by atoms with Crippen molar-refractivity contribution in [2.24, 2.45) is 0 Å². The predicted octanol–water partition coefficient (Wildman–Crippen LogP) is 2.76. The number of ether oxygens (including phenoxy) is 2. The fourth-order valence-corrected chi connectivity index (χ4v) is 1.19. The van der Waals surface area contributed by atoms with Crippen LogP contribution in [-0.2, 0) is 0 Å². The van der Waals surface area contributed by atoms with E-state index in [2.05, 4.69) is 5.32 Å². The summed E-state index contributed by atoms with van der Waals surface area (Å²) >= 11 is 5.34. The molecule has 0 aliphatic heterocycles. The number of para-hydroxylation sites is 2. The summed E-state index contributed by atoms with van der Waals surface area (Å²) in [5.74, 6) is 0.904. The molecule has 0 unspecified atom stereocenters. The maximum Gasteiger partial charge on any atom is 0.413 e. The molecule has 5 heteroatoms. The van der Waals surface area contributed by atoms with E-state index in [1.54, 1.807) is 18.2 Å². The van der Waals surface area contributed by atoms with Crippen molar-refractivity contribution in [1.82, 2.24) is 5.32 Å². The Kier molecular flexibility index (Phi) is 4.92. The molecule has 0 heterocycles. The second-order valence-corrected chi connectivity index (χ2v) is 3.58. The first-order chi connectivity index (χ1) is 7.63. The average Bonchev–Trinajstić information content (AvgIpc) is 2.20. The van der Waals surface area contributed by atoms with Gasteiger partial charge < -0.3 is 14.8 Å². The molecule has 0 aromatic heterocycles. The van der Waals surface area contributed by atoms with Gasteiger partial charge in [0.05, 0.1) is 12.1 Å². The quantitative estimate of drug-likeness (QED) is 0.653. The van der Waals surface area contributed by atoms with Crippen molar-refractivity contribution in [2.75, 3.05) is 6.00 Å². The summed E-state index contributed by atoms with van der Waals surface area (Å²) in [6.45, 7) is 3.80. The lowest BCUT2D eigenvalue weighted by molar-refractivity contribution is 0.193. The van der Waals surface area contributed by atoms with Crippen LogP contribution in [0.1, 0.15) is 13.8 Å². The van der Waals surface area contributed by atoms with E-state index in [1.165, 1.54) is 0 Å². The molecular weight excluding hydrogens is 230 g/mol. The first kappa shape index (κ1) is 12.6. The highest BCUT2D eigenvalue weighted by Crippen LogP contribution is 2.27. The zero-order chi connectivity index (χ0) is 12.0. The SMILES string of the molecule is CC(C)Oc1ccccc1OC(=O)NCCl. The molecule has 0 saturated heterocycles. The van der Waals surface area contributed by atoms with Crippen LogP contribution in [0.25, 0.3) is 0 Å². The molecule has 1 N–H and O–H groups in total. The van der Waals surface area contributed by atoms with Gasteiger partial charge in [0.1, 0.15) is 0 Å². The molecule has 0 radical (unpaired) electrons. The van der Waals surface area contributed by atoms with Crippen molar-refractivity contribution in [3.05, 3.63) is 24.3 Å². The molecule has 0 aliphatic carbocycles. The number of alkyl halides is 1. The summed E-state index contributed by atoms with van der Waals surface area (Å²) in [7, 11) is 0. The Hall–Kier alpha value is -1.42. The second-order valence-electron chi connectivity index (χ2n) is 3.31. The van der Waals surface area contributed by atoms with Gasteiger partial charge in [0.2, 0.25) is 0 Å². The van der Waals surface area contributed by atoms with E-state index in [9.17, 15) is 4.79 Å². The van der Waals surface area contributed by atoms with Crippen molar-refractivity contribution in [1.29, 1.82) is 0 Å². The summed E-state index contributed by atoms with van der Waals surface area (Å²) in [5, 5.41) is 2.32. The predicted molar refractivity (Wildman–Crippen MR) is 62.1 cm³/mol. The minimum absolute atomic E-state index is 0.00599. The Morgan fingerprint density at radius 3 is 2.56 bits per heavy atom. The van der Waals surface area contributed by atoms with Gasteiger partial charge in [0.25, 0.3) is 0 Å². The minimum atomic E-state index is -0.602. The van der Waals surface area contributed by atoms with Crippen molar-refractivity contribution in [3.63, 3.8) is 0 Å². The second kappa shape index (κ2) is 6.23. The number of rotatable bonds is 4. The molecule has 4 nitrogen and oxygen atoms in total. The zero-order valence-electron chi connectivity index (χ0n) is 9.20. The van der Waals surface area contributed by atoms with Crippen molar-refractivity contribution < 1.29 is 14.3 Å². The van der Waals surface area contributed by atoms with Crippen LogP contribution in [0.15, 0.2) is 24.3 Å². The van der Waals surface area contributed by atoms with Gasteiger partial charge in [-0.2, -0.15) is 0 Å². The fourth-order valence-electron chi connectivity index (χ4n) is 1.08. The Morgan fingerprint density at radius 1 is 1.38 bits per heavy atom. The molecular formula is C11H14ClNO3. The van der Waals surface area contributed by atoms with Gasteiger partial charge in [0.15, 0.2) is 11.5 Å². The number of hydrogen-bond acceptors (Lipinski definition) is 3. The number of amides is 1. The Bertz CT molecular complexity index is 355. The highest BCUT2D eigenvalue weighted by atomic mass is 35.5. The van der Waals surface area contributed by atoms with Crippen molar-refractivity contribution >= 4 is 17.7 Å².